The van der Waals surface area contributed by atoms with E-state index in [4.69, 9.17) is 0 Å². The standard InChI is InChI=1S/C22H29N3O/c1-16-7-3-2-6-12-24-20(16)21(26)25-19-15-22(10-13-23-14-11-22)18-9-5-4-8-17(18)19/h3-5,7-9,12,16,19-20,23H,2,6,10-11,13-15H2,1H3,(H,25,26)/b7-3-,24-12?. The van der Waals surface area contributed by atoms with Crippen LogP contribution in [0, 0.1) is 5.92 Å². The number of carbonyl (C=O) groups excluding carboxylic acids is 1. The fourth-order valence-corrected chi connectivity index (χ4v) is 4.88. The van der Waals surface area contributed by atoms with Gasteiger partial charge in [-0.1, -0.05) is 43.3 Å². The molecule has 1 aliphatic carbocycles. The van der Waals surface area contributed by atoms with E-state index in [1.54, 1.807) is 0 Å². The highest BCUT2D eigenvalue weighted by molar-refractivity contribution is 5.84. The van der Waals surface area contributed by atoms with Gasteiger partial charge in [-0.05, 0) is 62.5 Å². The normalized spacial score (nSPS) is 31.0. The molecule has 0 radical (unpaired) electrons. The van der Waals surface area contributed by atoms with Crippen molar-refractivity contribution in [3.8, 4) is 0 Å². The molecule has 3 aliphatic rings. The van der Waals surface area contributed by atoms with E-state index in [1.807, 2.05) is 6.21 Å². The third-order valence-electron chi connectivity index (χ3n) is 6.31. The van der Waals surface area contributed by atoms with Crippen LogP contribution in [-0.2, 0) is 10.2 Å². The lowest BCUT2D eigenvalue weighted by Crippen LogP contribution is -2.41. The molecule has 1 amide bonds. The van der Waals surface area contributed by atoms with Crippen LogP contribution in [0.2, 0.25) is 0 Å². The summed E-state index contributed by atoms with van der Waals surface area (Å²) < 4.78 is 0. The summed E-state index contributed by atoms with van der Waals surface area (Å²) >= 11 is 0. The molecule has 3 unspecified atom stereocenters. The molecule has 1 aromatic carbocycles. The Hall–Kier alpha value is -1.94. The lowest BCUT2D eigenvalue weighted by molar-refractivity contribution is -0.123. The van der Waals surface area contributed by atoms with Gasteiger partial charge in [-0.2, -0.15) is 0 Å². The first kappa shape index (κ1) is 17.5. The van der Waals surface area contributed by atoms with Crippen LogP contribution < -0.4 is 10.6 Å². The minimum atomic E-state index is -0.316. The van der Waals surface area contributed by atoms with Gasteiger partial charge in [-0.15, -0.1) is 0 Å². The number of aliphatic imine (C=N–C) groups is 1. The summed E-state index contributed by atoms with van der Waals surface area (Å²) in [5.74, 6) is 0.196. The second-order valence-corrected chi connectivity index (χ2v) is 8.02. The number of rotatable bonds is 2. The van der Waals surface area contributed by atoms with Crippen molar-refractivity contribution in [1.82, 2.24) is 10.6 Å². The Morgan fingerprint density at radius 3 is 2.88 bits per heavy atom. The number of piperidine rings is 1. The molecule has 4 nitrogen and oxygen atoms in total. The Kier molecular flexibility index (Phi) is 4.94. The largest absolute Gasteiger partial charge is 0.347 e. The molecule has 4 heteroatoms. The minimum Gasteiger partial charge on any atom is -0.347 e. The summed E-state index contributed by atoms with van der Waals surface area (Å²) in [4.78, 5) is 17.6. The van der Waals surface area contributed by atoms with Gasteiger partial charge in [0, 0.05) is 11.3 Å². The second kappa shape index (κ2) is 7.36. The van der Waals surface area contributed by atoms with Gasteiger partial charge < -0.3 is 10.6 Å². The fourth-order valence-electron chi connectivity index (χ4n) is 4.88. The second-order valence-electron chi connectivity index (χ2n) is 8.02. The summed E-state index contributed by atoms with van der Waals surface area (Å²) in [7, 11) is 0. The highest BCUT2D eigenvalue weighted by Gasteiger charge is 2.44. The molecule has 1 spiro atoms. The van der Waals surface area contributed by atoms with E-state index < -0.39 is 0 Å². The molecular formula is C22H29N3O. The van der Waals surface area contributed by atoms with Crippen molar-refractivity contribution < 1.29 is 4.79 Å². The van der Waals surface area contributed by atoms with Crippen LogP contribution in [0.5, 0.6) is 0 Å². The van der Waals surface area contributed by atoms with E-state index in [0.29, 0.717) is 0 Å². The van der Waals surface area contributed by atoms with E-state index in [2.05, 4.69) is 59.0 Å². The van der Waals surface area contributed by atoms with Gasteiger partial charge in [-0.3, -0.25) is 9.79 Å². The molecule has 2 aliphatic heterocycles. The molecule has 0 saturated carbocycles. The molecule has 2 heterocycles. The Morgan fingerprint density at radius 1 is 1.23 bits per heavy atom. The first-order chi connectivity index (χ1) is 12.7. The number of fused-ring (bicyclic) bond motifs is 2. The zero-order valence-corrected chi connectivity index (χ0v) is 15.6. The van der Waals surface area contributed by atoms with Crippen molar-refractivity contribution >= 4 is 12.1 Å². The van der Waals surface area contributed by atoms with Crippen LogP contribution in [0.4, 0.5) is 0 Å². The molecule has 1 saturated heterocycles. The highest BCUT2D eigenvalue weighted by Crippen LogP contribution is 2.49. The van der Waals surface area contributed by atoms with Crippen LogP contribution in [0.25, 0.3) is 0 Å². The van der Waals surface area contributed by atoms with Gasteiger partial charge in [-0.25, -0.2) is 0 Å². The van der Waals surface area contributed by atoms with Crippen molar-refractivity contribution in [3.05, 3.63) is 47.5 Å². The maximum absolute atomic E-state index is 13.0. The third kappa shape index (κ3) is 3.23. The summed E-state index contributed by atoms with van der Waals surface area (Å²) in [6, 6.07) is 8.49. The molecular weight excluding hydrogens is 322 g/mol. The molecule has 3 atom stereocenters. The maximum atomic E-state index is 13.0. The van der Waals surface area contributed by atoms with Crippen LogP contribution in [-0.4, -0.2) is 31.3 Å². The van der Waals surface area contributed by atoms with Crippen molar-refractivity contribution in [3.63, 3.8) is 0 Å². The number of amides is 1. The van der Waals surface area contributed by atoms with Crippen molar-refractivity contribution in [1.29, 1.82) is 0 Å². The molecule has 0 aromatic heterocycles. The van der Waals surface area contributed by atoms with Crippen LogP contribution in [0.1, 0.15) is 56.2 Å². The average molecular weight is 351 g/mol. The lowest BCUT2D eigenvalue weighted by Gasteiger charge is -2.35. The van der Waals surface area contributed by atoms with Gasteiger partial charge in [0.25, 0.3) is 0 Å². The van der Waals surface area contributed by atoms with Gasteiger partial charge in [0.15, 0.2) is 0 Å². The summed E-state index contributed by atoms with van der Waals surface area (Å²) in [5.41, 5.74) is 2.97. The number of benzene rings is 1. The monoisotopic (exact) mass is 351 g/mol. The van der Waals surface area contributed by atoms with Crippen molar-refractivity contribution in [2.24, 2.45) is 10.9 Å². The lowest BCUT2D eigenvalue weighted by atomic mass is 9.74. The third-order valence-corrected chi connectivity index (χ3v) is 6.31. The van der Waals surface area contributed by atoms with E-state index in [9.17, 15) is 4.79 Å². The number of nitrogens with zero attached hydrogens (tertiary/aromatic N) is 1. The van der Waals surface area contributed by atoms with Gasteiger partial charge in [0.05, 0.1) is 6.04 Å². The maximum Gasteiger partial charge on any atom is 0.245 e. The number of allylic oxidation sites excluding steroid dienone is 1. The van der Waals surface area contributed by atoms with E-state index in [1.165, 1.54) is 11.1 Å². The molecule has 1 fully saturated rings. The van der Waals surface area contributed by atoms with Crippen LogP contribution >= 0.6 is 0 Å². The topological polar surface area (TPSA) is 53.5 Å². The molecule has 1 aromatic rings. The zero-order chi connectivity index (χ0) is 18.0. The molecule has 138 valence electrons. The Bertz CT molecular complexity index is 718. The first-order valence-corrected chi connectivity index (χ1v) is 9.98. The van der Waals surface area contributed by atoms with E-state index >= 15 is 0 Å². The number of carbonyl (C=O) groups is 1. The molecule has 0 bridgehead atoms. The minimum absolute atomic E-state index is 0.0612. The first-order valence-electron chi connectivity index (χ1n) is 9.98. The molecule has 26 heavy (non-hydrogen) atoms. The average Bonchev–Trinajstić information content (AvgIpc) is 2.92. The van der Waals surface area contributed by atoms with Gasteiger partial charge in [0.2, 0.25) is 5.91 Å². The van der Waals surface area contributed by atoms with E-state index in [-0.39, 0.29) is 29.3 Å². The quantitative estimate of drug-likeness (QED) is 0.804. The van der Waals surface area contributed by atoms with Gasteiger partial charge >= 0.3 is 0 Å². The molecule has 4 rings (SSSR count). The number of hydrogen-bond donors (Lipinski definition) is 2. The van der Waals surface area contributed by atoms with E-state index in [0.717, 1.165) is 45.2 Å². The summed E-state index contributed by atoms with van der Waals surface area (Å²) in [6.07, 6.45) is 11.5. The van der Waals surface area contributed by atoms with Crippen molar-refractivity contribution in [2.45, 2.75) is 56.5 Å². The fraction of sp³-hybridized carbons (Fsp3) is 0.545. The SMILES string of the molecule is CC1/C=C\CCC=NC1C(=O)NC1CC2(CCNCC2)c2ccccc21. The predicted molar refractivity (Wildman–Crippen MR) is 106 cm³/mol. The number of hydrogen-bond acceptors (Lipinski definition) is 3. The predicted octanol–water partition coefficient (Wildman–Crippen LogP) is 3.29. The van der Waals surface area contributed by atoms with Crippen LogP contribution in [0.3, 0.4) is 0 Å². The summed E-state index contributed by atoms with van der Waals surface area (Å²) in [5, 5.41) is 6.83. The smallest absolute Gasteiger partial charge is 0.245 e. The Labute approximate surface area is 156 Å². The zero-order valence-electron chi connectivity index (χ0n) is 15.6. The summed E-state index contributed by atoms with van der Waals surface area (Å²) in [6.45, 7) is 4.20. The molecule has 2 N–H and O–H groups in total. The Balaban J connectivity index is 1.55. The Morgan fingerprint density at radius 2 is 2.04 bits per heavy atom. The van der Waals surface area contributed by atoms with Gasteiger partial charge in [0.1, 0.15) is 6.04 Å². The number of nitrogens with one attached hydrogen (secondary N) is 2. The van der Waals surface area contributed by atoms with Crippen molar-refractivity contribution in [2.75, 3.05) is 13.1 Å². The van der Waals surface area contributed by atoms with Crippen LogP contribution in [0.15, 0.2) is 41.4 Å². The highest BCUT2D eigenvalue weighted by atomic mass is 16.2.